The summed E-state index contributed by atoms with van der Waals surface area (Å²) in [6.45, 7) is 6.14. The number of aliphatic hydroxyl groups excluding tert-OH is 1. The van der Waals surface area contributed by atoms with E-state index in [1.807, 2.05) is 60.8 Å². The molecule has 2 aromatic heterocycles. The topological polar surface area (TPSA) is 74.8 Å². The van der Waals surface area contributed by atoms with Crippen molar-refractivity contribution in [1.82, 2.24) is 9.38 Å². The first-order chi connectivity index (χ1) is 15.4. The maximum atomic E-state index is 12.0. The summed E-state index contributed by atoms with van der Waals surface area (Å²) in [4.78, 5) is 16.8. The Hall–Kier alpha value is -3.44. The van der Waals surface area contributed by atoms with Gasteiger partial charge >= 0.3 is 5.97 Å². The zero-order valence-electron chi connectivity index (χ0n) is 18.7. The monoisotopic (exact) mass is 428 g/mol. The number of unbranched alkanes of at least 4 members (excludes halogenated alkanes) is 1. The third kappa shape index (κ3) is 4.04. The SMILES string of the molecule is CCCCc1cn2c(C(O)c3ccc(-c4ccccc4)c(C(=O)O)c3)c(C)cc(C)c2n1. The van der Waals surface area contributed by atoms with E-state index in [2.05, 4.69) is 6.92 Å². The molecule has 1 atom stereocenters. The molecule has 1 unspecified atom stereocenters. The number of carbonyl (C=O) groups is 1. The van der Waals surface area contributed by atoms with Gasteiger partial charge in [0.15, 0.2) is 0 Å². The molecule has 0 saturated carbocycles. The second-order valence-electron chi connectivity index (χ2n) is 8.30. The van der Waals surface area contributed by atoms with Crippen LogP contribution in [0.5, 0.6) is 0 Å². The van der Waals surface area contributed by atoms with Crippen LogP contribution in [0.2, 0.25) is 0 Å². The first-order valence-corrected chi connectivity index (χ1v) is 11.0. The Bertz CT molecular complexity index is 1280. The van der Waals surface area contributed by atoms with Crippen LogP contribution < -0.4 is 0 Å². The lowest BCUT2D eigenvalue weighted by Gasteiger charge is -2.19. The second-order valence-corrected chi connectivity index (χ2v) is 8.30. The maximum Gasteiger partial charge on any atom is 0.336 e. The van der Waals surface area contributed by atoms with Crippen LogP contribution >= 0.6 is 0 Å². The van der Waals surface area contributed by atoms with Gasteiger partial charge < -0.3 is 14.6 Å². The zero-order chi connectivity index (χ0) is 22.8. The molecule has 0 radical (unpaired) electrons. The van der Waals surface area contributed by atoms with Crippen LogP contribution in [-0.2, 0) is 6.42 Å². The first-order valence-electron chi connectivity index (χ1n) is 11.0. The number of benzene rings is 2. The Labute approximate surface area is 188 Å². The average molecular weight is 429 g/mol. The van der Waals surface area contributed by atoms with Gasteiger partial charge in [-0.05, 0) is 60.6 Å². The third-order valence-electron chi connectivity index (χ3n) is 5.93. The van der Waals surface area contributed by atoms with Gasteiger partial charge in [-0.25, -0.2) is 9.78 Å². The molecule has 2 aromatic carbocycles. The van der Waals surface area contributed by atoms with E-state index in [0.717, 1.165) is 47.3 Å². The predicted molar refractivity (Wildman–Crippen MR) is 126 cm³/mol. The summed E-state index contributed by atoms with van der Waals surface area (Å²) in [5.74, 6) is -1.02. The molecule has 0 aliphatic rings. The van der Waals surface area contributed by atoms with Crippen LogP contribution in [0, 0.1) is 13.8 Å². The van der Waals surface area contributed by atoms with Gasteiger partial charge in [0.2, 0.25) is 0 Å². The zero-order valence-corrected chi connectivity index (χ0v) is 18.7. The van der Waals surface area contributed by atoms with Crippen LogP contribution in [0.25, 0.3) is 16.8 Å². The van der Waals surface area contributed by atoms with Gasteiger partial charge in [-0.15, -0.1) is 0 Å². The minimum absolute atomic E-state index is 0.169. The summed E-state index contributed by atoms with van der Waals surface area (Å²) in [7, 11) is 0. The van der Waals surface area contributed by atoms with E-state index in [1.54, 1.807) is 18.2 Å². The Morgan fingerprint density at radius 1 is 1.06 bits per heavy atom. The second kappa shape index (κ2) is 8.97. The van der Waals surface area contributed by atoms with E-state index in [-0.39, 0.29) is 5.56 Å². The number of nitrogens with zero attached hydrogens (tertiary/aromatic N) is 2. The average Bonchev–Trinajstić information content (AvgIpc) is 3.22. The van der Waals surface area contributed by atoms with Crippen molar-refractivity contribution < 1.29 is 15.0 Å². The molecule has 4 aromatic rings. The summed E-state index contributed by atoms with van der Waals surface area (Å²) in [6.07, 6.45) is 4.06. The summed E-state index contributed by atoms with van der Waals surface area (Å²) in [6, 6.07) is 16.6. The molecule has 2 heterocycles. The van der Waals surface area contributed by atoms with E-state index >= 15 is 0 Å². The molecule has 4 rings (SSSR count). The van der Waals surface area contributed by atoms with Gasteiger partial charge in [-0.2, -0.15) is 0 Å². The number of hydrogen-bond donors (Lipinski definition) is 2. The molecule has 2 N–H and O–H groups in total. The van der Waals surface area contributed by atoms with Gasteiger partial charge in [0.05, 0.1) is 17.0 Å². The molecular weight excluding hydrogens is 400 g/mol. The molecule has 0 amide bonds. The number of rotatable bonds is 7. The summed E-state index contributed by atoms with van der Waals surface area (Å²) >= 11 is 0. The fourth-order valence-electron chi connectivity index (χ4n) is 4.31. The Kier molecular flexibility index (Phi) is 6.10. The number of imidazole rings is 1. The van der Waals surface area contributed by atoms with Crippen molar-refractivity contribution in [3.63, 3.8) is 0 Å². The molecule has 164 valence electrons. The van der Waals surface area contributed by atoms with Crippen LogP contribution in [0.3, 0.4) is 0 Å². The van der Waals surface area contributed by atoms with E-state index in [9.17, 15) is 15.0 Å². The van der Waals surface area contributed by atoms with E-state index in [0.29, 0.717) is 16.8 Å². The van der Waals surface area contributed by atoms with Crippen LogP contribution in [0.4, 0.5) is 0 Å². The molecule has 0 bridgehead atoms. The van der Waals surface area contributed by atoms with Gasteiger partial charge in [-0.3, -0.25) is 0 Å². The fraction of sp³-hybridized carbons (Fsp3) is 0.259. The van der Waals surface area contributed by atoms with Crippen molar-refractivity contribution >= 4 is 11.6 Å². The number of hydrogen-bond acceptors (Lipinski definition) is 3. The van der Waals surface area contributed by atoms with Crippen LogP contribution in [0.1, 0.15) is 64.3 Å². The standard InChI is InChI=1S/C27H28N2O3/c1-4-5-11-21-16-29-24(17(2)14-18(3)26(29)28-21)25(30)20-12-13-22(23(15-20)27(31)32)19-9-7-6-8-10-19/h6-10,12-16,25,30H,4-5,11H2,1-3H3,(H,31,32). The lowest BCUT2D eigenvalue weighted by molar-refractivity contribution is 0.0697. The van der Waals surface area contributed by atoms with Crippen molar-refractivity contribution in [1.29, 1.82) is 0 Å². The molecule has 0 aliphatic carbocycles. The fourth-order valence-corrected chi connectivity index (χ4v) is 4.31. The smallest absolute Gasteiger partial charge is 0.336 e. The molecule has 32 heavy (non-hydrogen) atoms. The number of aryl methyl sites for hydroxylation is 3. The summed E-state index contributed by atoms with van der Waals surface area (Å²) in [5.41, 5.74) is 6.69. The highest BCUT2D eigenvalue weighted by molar-refractivity contribution is 5.96. The minimum Gasteiger partial charge on any atom is -0.478 e. The molecule has 5 nitrogen and oxygen atoms in total. The quantitative estimate of drug-likeness (QED) is 0.394. The summed E-state index contributed by atoms with van der Waals surface area (Å²) in [5, 5.41) is 21.2. The molecule has 5 heteroatoms. The third-order valence-corrected chi connectivity index (χ3v) is 5.93. The van der Waals surface area contributed by atoms with Crippen molar-refractivity contribution in [2.75, 3.05) is 0 Å². The number of fused-ring (bicyclic) bond motifs is 1. The Morgan fingerprint density at radius 3 is 2.50 bits per heavy atom. The van der Waals surface area contributed by atoms with Gasteiger partial charge in [0, 0.05) is 6.20 Å². The lowest BCUT2D eigenvalue weighted by atomic mass is 9.94. The molecule has 0 saturated heterocycles. The number of carboxylic acid groups (broad SMARTS) is 1. The van der Waals surface area contributed by atoms with Gasteiger partial charge in [0.1, 0.15) is 11.8 Å². The number of aromatic carboxylic acids is 1. The molecular formula is C27H28N2O3. The van der Waals surface area contributed by atoms with Crippen molar-refractivity contribution in [2.24, 2.45) is 0 Å². The summed E-state index contributed by atoms with van der Waals surface area (Å²) < 4.78 is 1.96. The van der Waals surface area contributed by atoms with Crippen molar-refractivity contribution in [3.05, 3.63) is 94.4 Å². The lowest BCUT2D eigenvalue weighted by Crippen LogP contribution is -2.11. The number of pyridine rings is 1. The van der Waals surface area contributed by atoms with E-state index in [4.69, 9.17) is 4.98 Å². The van der Waals surface area contributed by atoms with E-state index in [1.165, 1.54) is 0 Å². The largest absolute Gasteiger partial charge is 0.478 e. The van der Waals surface area contributed by atoms with Gasteiger partial charge in [-0.1, -0.05) is 61.9 Å². The molecule has 0 aliphatic heterocycles. The highest BCUT2D eigenvalue weighted by Crippen LogP contribution is 2.32. The maximum absolute atomic E-state index is 12.0. The number of aromatic nitrogens is 2. The van der Waals surface area contributed by atoms with Gasteiger partial charge in [0.25, 0.3) is 0 Å². The van der Waals surface area contributed by atoms with Crippen LogP contribution in [0.15, 0.2) is 60.8 Å². The van der Waals surface area contributed by atoms with Crippen LogP contribution in [-0.4, -0.2) is 25.6 Å². The number of aliphatic hydroxyl groups is 1. The Balaban J connectivity index is 1.82. The number of carboxylic acids is 1. The van der Waals surface area contributed by atoms with Crippen molar-refractivity contribution in [3.8, 4) is 11.1 Å². The molecule has 0 fully saturated rings. The first kappa shape index (κ1) is 21.8. The molecule has 0 spiro atoms. The highest BCUT2D eigenvalue weighted by atomic mass is 16.4. The van der Waals surface area contributed by atoms with Crippen molar-refractivity contribution in [2.45, 2.75) is 46.1 Å². The normalized spacial score (nSPS) is 12.2. The minimum atomic E-state index is -1.02. The highest BCUT2D eigenvalue weighted by Gasteiger charge is 2.22. The Morgan fingerprint density at radius 2 is 1.81 bits per heavy atom. The van der Waals surface area contributed by atoms with E-state index < -0.39 is 12.1 Å². The predicted octanol–water partition coefficient (Wildman–Crippen LogP) is 5.74.